The van der Waals surface area contributed by atoms with Crippen molar-refractivity contribution in [3.05, 3.63) is 35.9 Å². The molecule has 2 rings (SSSR count). The average Bonchev–Trinajstić information content (AvgIpc) is 2.32. The molecule has 0 amide bonds. The van der Waals surface area contributed by atoms with Gasteiger partial charge in [-0.15, -0.1) is 0 Å². The smallest absolute Gasteiger partial charge is 0.0112 e. The van der Waals surface area contributed by atoms with E-state index in [4.69, 9.17) is 0 Å². The van der Waals surface area contributed by atoms with Gasteiger partial charge < -0.3 is 4.90 Å². The van der Waals surface area contributed by atoms with E-state index in [-0.39, 0.29) is 0 Å². The van der Waals surface area contributed by atoms with Crippen molar-refractivity contribution in [2.45, 2.75) is 25.2 Å². The number of nitrogens with zero attached hydrogens (tertiary/aromatic N) is 1. The largest absolute Gasteiger partial charge is 0.305 e. The zero-order valence-corrected chi connectivity index (χ0v) is 12.2. The molecule has 0 spiro atoms. The lowest BCUT2D eigenvalue weighted by atomic mass is 9.85. The molecular formula is C15H22BrN. The van der Waals surface area contributed by atoms with Crippen molar-refractivity contribution in [3.8, 4) is 0 Å². The highest BCUT2D eigenvalue weighted by Crippen LogP contribution is 2.27. The molecule has 94 valence electrons. The Morgan fingerprint density at radius 2 is 2.00 bits per heavy atom. The molecule has 1 aliphatic carbocycles. The highest BCUT2D eigenvalue weighted by Gasteiger charge is 2.20. The molecule has 1 fully saturated rings. The fraction of sp³-hybridized carbons (Fsp3) is 0.600. The molecule has 0 aromatic heterocycles. The third kappa shape index (κ3) is 3.82. The van der Waals surface area contributed by atoms with E-state index in [1.165, 1.54) is 31.4 Å². The van der Waals surface area contributed by atoms with Gasteiger partial charge in [0.2, 0.25) is 0 Å². The highest BCUT2D eigenvalue weighted by atomic mass is 79.9. The van der Waals surface area contributed by atoms with Gasteiger partial charge >= 0.3 is 0 Å². The summed E-state index contributed by atoms with van der Waals surface area (Å²) in [6.07, 6.45) is 4.32. The predicted molar refractivity (Wildman–Crippen MR) is 77.8 cm³/mol. The Hall–Kier alpha value is -0.340. The van der Waals surface area contributed by atoms with E-state index in [0.29, 0.717) is 5.92 Å². The number of rotatable bonds is 6. The molecule has 1 nitrogen and oxygen atoms in total. The summed E-state index contributed by atoms with van der Waals surface area (Å²) in [5, 5.41) is 1.05. The third-order valence-corrected chi connectivity index (χ3v) is 4.57. The first-order valence-electron chi connectivity index (χ1n) is 6.59. The fourth-order valence-corrected chi connectivity index (χ4v) is 3.11. The van der Waals surface area contributed by atoms with Crippen LogP contribution in [-0.4, -0.2) is 30.4 Å². The minimum Gasteiger partial charge on any atom is -0.305 e. The molecule has 1 aliphatic rings. The quantitative estimate of drug-likeness (QED) is 0.720. The number of benzene rings is 1. The maximum atomic E-state index is 3.65. The van der Waals surface area contributed by atoms with Gasteiger partial charge in [0.15, 0.2) is 0 Å². The van der Waals surface area contributed by atoms with Crippen LogP contribution in [0.1, 0.15) is 30.7 Å². The molecular weight excluding hydrogens is 274 g/mol. The van der Waals surface area contributed by atoms with Gasteiger partial charge in [0, 0.05) is 24.3 Å². The van der Waals surface area contributed by atoms with Crippen LogP contribution >= 0.6 is 15.9 Å². The number of likely N-dealkylation sites (N-methyl/N-ethyl adjacent to an activating group) is 1. The Labute approximate surface area is 113 Å². The average molecular weight is 296 g/mol. The molecule has 0 saturated heterocycles. The lowest BCUT2D eigenvalue weighted by molar-refractivity contribution is 0.200. The molecule has 0 aliphatic heterocycles. The van der Waals surface area contributed by atoms with E-state index < -0.39 is 0 Å². The maximum Gasteiger partial charge on any atom is 0.0112 e. The second kappa shape index (κ2) is 6.55. The standard InChI is InChI=1S/C15H22BrN/c1-17(11-13-6-5-7-13)12-15(10-16)14-8-3-2-4-9-14/h2-4,8-9,13,15H,5-7,10-12H2,1H3. The molecule has 0 N–H and O–H groups in total. The summed E-state index contributed by atoms with van der Waals surface area (Å²) in [6, 6.07) is 10.8. The van der Waals surface area contributed by atoms with Gasteiger partial charge in [-0.2, -0.15) is 0 Å². The Morgan fingerprint density at radius 3 is 2.53 bits per heavy atom. The van der Waals surface area contributed by atoms with Crippen LogP contribution < -0.4 is 0 Å². The summed E-state index contributed by atoms with van der Waals surface area (Å²) in [7, 11) is 2.26. The van der Waals surface area contributed by atoms with Crippen molar-refractivity contribution >= 4 is 15.9 Å². The Kier molecular flexibility index (Phi) is 5.05. The summed E-state index contributed by atoms with van der Waals surface area (Å²) in [6.45, 7) is 2.43. The van der Waals surface area contributed by atoms with Crippen molar-refractivity contribution in [2.75, 3.05) is 25.5 Å². The second-order valence-electron chi connectivity index (χ2n) is 5.28. The van der Waals surface area contributed by atoms with Crippen LogP contribution in [0.2, 0.25) is 0 Å². The van der Waals surface area contributed by atoms with Crippen LogP contribution in [0.25, 0.3) is 0 Å². The van der Waals surface area contributed by atoms with Gasteiger partial charge in [-0.3, -0.25) is 0 Å². The summed E-state index contributed by atoms with van der Waals surface area (Å²) < 4.78 is 0. The number of alkyl halides is 1. The molecule has 0 heterocycles. The Morgan fingerprint density at radius 1 is 1.29 bits per heavy atom. The molecule has 0 radical (unpaired) electrons. The van der Waals surface area contributed by atoms with E-state index in [1.54, 1.807) is 0 Å². The molecule has 2 heteroatoms. The maximum absolute atomic E-state index is 3.65. The molecule has 1 atom stereocenters. The van der Waals surface area contributed by atoms with E-state index in [2.05, 4.69) is 58.2 Å². The van der Waals surface area contributed by atoms with Crippen molar-refractivity contribution in [1.29, 1.82) is 0 Å². The van der Waals surface area contributed by atoms with Crippen LogP contribution in [0.3, 0.4) is 0 Å². The zero-order chi connectivity index (χ0) is 12.1. The lowest BCUT2D eigenvalue weighted by Crippen LogP contribution is -2.32. The number of hydrogen-bond donors (Lipinski definition) is 0. The van der Waals surface area contributed by atoms with Crippen molar-refractivity contribution < 1.29 is 0 Å². The Bertz CT molecular complexity index is 321. The minimum atomic E-state index is 0.612. The van der Waals surface area contributed by atoms with Crippen LogP contribution in [0, 0.1) is 5.92 Å². The molecule has 17 heavy (non-hydrogen) atoms. The van der Waals surface area contributed by atoms with Crippen molar-refractivity contribution in [1.82, 2.24) is 4.90 Å². The number of halogens is 1. The fourth-order valence-electron chi connectivity index (χ4n) is 2.54. The first-order valence-corrected chi connectivity index (χ1v) is 7.71. The van der Waals surface area contributed by atoms with E-state index in [1.807, 2.05) is 0 Å². The number of hydrogen-bond acceptors (Lipinski definition) is 1. The molecule has 1 aromatic carbocycles. The summed E-state index contributed by atoms with van der Waals surface area (Å²) in [4.78, 5) is 2.50. The molecule has 1 saturated carbocycles. The SMILES string of the molecule is CN(CC1CCC1)CC(CBr)c1ccccc1. The first-order chi connectivity index (χ1) is 8.29. The van der Waals surface area contributed by atoms with Crippen molar-refractivity contribution in [2.24, 2.45) is 5.92 Å². The normalized spacial score (nSPS) is 18.1. The summed E-state index contributed by atoms with van der Waals surface area (Å²) >= 11 is 3.65. The molecule has 1 unspecified atom stereocenters. The topological polar surface area (TPSA) is 3.24 Å². The highest BCUT2D eigenvalue weighted by molar-refractivity contribution is 9.09. The molecule has 1 aromatic rings. The van der Waals surface area contributed by atoms with Gasteiger partial charge in [0.1, 0.15) is 0 Å². The van der Waals surface area contributed by atoms with E-state index >= 15 is 0 Å². The van der Waals surface area contributed by atoms with Crippen LogP contribution in [0.5, 0.6) is 0 Å². The molecule has 0 bridgehead atoms. The minimum absolute atomic E-state index is 0.612. The summed E-state index contributed by atoms with van der Waals surface area (Å²) in [5.41, 5.74) is 1.45. The monoisotopic (exact) mass is 295 g/mol. The van der Waals surface area contributed by atoms with Gasteiger partial charge in [-0.05, 0) is 31.4 Å². The van der Waals surface area contributed by atoms with Gasteiger partial charge in [-0.1, -0.05) is 52.7 Å². The van der Waals surface area contributed by atoms with E-state index in [0.717, 1.165) is 17.8 Å². The van der Waals surface area contributed by atoms with Crippen LogP contribution in [-0.2, 0) is 0 Å². The van der Waals surface area contributed by atoms with Crippen LogP contribution in [0.15, 0.2) is 30.3 Å². The Balaban J connectivity index is 1.86. The second-order valence-corrected chi connectivity index (χ2v) is 5.93. The third-order valence-electron chi connectivity index (χ3n) is 3.78. The van der Waals surface area contributed by atoms with Crippen molar-refractivity contribution in [3.63, 3.8) is 0 Å². The van der Waals surface area contributed by atoms with Gasteiger partial charge in [-0.25, -0.2) is 0 Å². The van der Waals surface area contributed by atoms with E-state index in [9.17, 15) is 0 Å². The summed E-state index contributed by atoms with van der Waals surface area (Å²) in [5.74, 6) is 1.58. The first kappa shape index (κ1) is 13.1. The zero-order valence-electron chi connectivity index (χ0n) is 10.6. The lowest BCUT2D eigenvalue weighted by Gasteiger charge is -2.31. The van der Waals surface area contributed by atoms with Gasteiger partial charge in [0.25, 0.3) is 0 Å². The predicted octanol–water partition coefficient (Wildman–Crippen LogP) is 3.90. The van der Waals surface area contributed by atoms with Crippen LogP contribution in [0.4, 0.5) is 0 Å². The van der Waals surface area contributed by atoms with Gasteiger partial charge in [0.05, 0.1) is 0 Å².